The standard InChI is InChI=1S/C14H17F2N3OS/c1-7-10(11(12(15)16)19-18-7)17-13(20)8-5-6-9(21-8)14(2,3)4/h5-6,12H,1-4H3,(H,17,20)(H,18,19). The van der Waals surface area contributed by atoms with Crippen LogP contribution in [0.1, 0.15) is 53.1 Å². The number of aromatic nitrogens is 2. The number of nitrogens with zero attached hydrogens (tertiary/aromatic N) is 1. The maximum absolute atomic E-state index is 12.8. The molecule has 0 bridgehead atoms. The number of carbonyl (C=O) groups is 1. The molecule has 0 saturated heterocycles. The van der Waals surface area contributed by atoms with Gasteiger partial charge in [-0.05, 0) is 24.5 Å². The van der Waals surface area contributed by atoms with Gasteiger partial charge in [-0.2, -0.15) is 5.10 Å². The number of hydrogen-bond acceptors (Lipinski definition) is 3. The summed E-state index contributed by atoms with van der Waals surface area (Å²) in [5, 5.41) is 8.50. The molecule has 0 aliphatic carbocycles. The van der Waals surface area contributed by atoms with Crippen LogP contribution in [-0.2, 0) is 5.41 Å². The van der Waals surface area contributed by atoms with E-state index in [2.05, 4.69) is 36.3 Å². The SMILES string of the molecule is Cc1[nH]nc(C(F)F)c1NC(=O)c1ccc(C(C)(C)C)s1. The number of aromatic amines is 1. The number of H-pyrrole nitrogens is 1. The van der Waals surface area contributed by atoms with Crippen LogP contribution in [0.25, 0.3) is 0 Å². The molecule has 0 radical (unpaired) electrons. The fourth-order valence-electron chi connectivity index (χ4n) is 1.80. The zero-order valence-electron chi connectivity index (χ0n) is 12.3. The van der Waals surface area contributed by atoms with E-state index < -0.39 is 18.0 Å². The topological polar surface area (TPSA) is 57.8 Å². The van der Waals surface area contributed by atoms with Crippen LogP contribution in [0, 0.1) is 6.92 Å². The molecule has 4 nitrogen and oxygen atoms in total. The predicted molar refractivity (Wildman–Crippen MR) is 79.3 cm³/mol. The lowest BCUT2D eigenvalue weighted by Crippen LogP contribution is -2.12. The summed E-state index contributed by atoms with van der Waals surface area (Å²) in [6.07, 6.45) is -2.74. The Morgan fingerprint density at radius 3 is 2.57 bits per heavy atom. The molecule has 114 valence electrons. The lowest BCUT2D eigenvalue weighted by Gasteiger charge is -2.15. The first-order valence-electron chi connectivity index (χ1n) is 6.45. The molecule has 21 heavy (non-hydrogen) atoms. The highest BCUT2D eigenvalue weighted by Crippen LogP contribution is 2.31. The van der Waals surface area contributed by atoms with Crippen molar-refractivity contribution in [3.05, 3.63) is 33.3 Å². The minimum absolute atomic E-state index is 0.0527. The smallest absolute Gasteiger partial charge is 0.284 e. The average molecular weight is 313 g/mol. The molecule has 0 atom stereocenters. The molecule has 0 aliphatic heterocycles. The number of aryl methyl sites for hydroxylation is 1. The quantitative estimate of drug-likeness (QED) is 0.889. The second-order valence-electron chi connectivity index (χ2n) is 5.78. The van der Waals surface area contributed by atoms with E-state index in [9.17, 15) is 13.6 Å². The summed E-state index contributed by atoms with van der Waals surface area (Å²) in [7, 11) is 0. The normalized spacial score (nSPS) is 12.0. The highest BCUT2D eigenvalue weighted by molar-refractivity contribution is 7.14. The summed E-state index contributed by atoms with van der Waals surface area (Å²) < 4.78 is 25.6. The molecule has 7 heteroatoms. The van der Waals surface area contributed by atoms with Crippen molar-refractivity contribution in [2.24, 2.45) is 0 Å². The number of amides is 1. The summed E-state index contributed by atoms with van der Waals surface area (Å²) in [4.78, 5) is 13.7. The number of nitrogens with one attached hydrogen (secondary N) is 2. The Hall–Kier alpha value is -1.76. The van der Waals surface area contributed by atoms with Gasteiger partial charge < -0.3 is 5.32 Å². The molecule has 0 spiro atoms. The largest absolute Gasteiger partial charge is 0.318 e. The Kier molecular flexibility index (Phi) is 4.13. The van der Waals surface area contributed by atoms with Crippen LogP contribution in [0.3, 0.4) is 0 Å². The monoisotopic (exact) mass is 313 g/mol. The number of anilines is 1. The van der Waals surface area contributed by atoms with Crippen molar-refractivity contribution in [3.63, 3.8) is 0 Å². The van der Waals surface area contributed by atoms with E-state index in [1.54, 1.807) is 13.0 Å². The molecule has 2 N–H and O–H groups in total. The summed E-state index contributed by atoms with van der Waals surface area (Å²) >= 11 is 1.36. The second kappa shape index (κ2) is 5.55. The van der Waals surface area contributed by atoms with Gasteiger partial charge in [-0.25, -0.2) is 8.78 Å². The van der Waals surface area contributed by atoms with Gasteiger partial charge in [-0.3, -0.25) is 9.89 Å². The van der Waals surface area contributed by atoms with Gasteiger partial charge in [0.1, 0.15) is 0 Å². The maximum atomic E-state index is 12.8. The van der Waals surface area contributed by atoms with E-state index in [0.29, 0.717) is 10.6 Å². The van der Waals surface area contributed by atoms with Crippen molar-refractivity contribution in [2.75, 3.05) is 5.32 Å². The Morgan fingerprint density at radius 1 is 1.38 bits per heavy atom. The summed E-state index contributed by atoms with van der Waals surface area (Å²) in [6.45, 7) is 7.74. The first-order valence-corrected chi connectivity index (χ1v) is 7.26. The molecule has 0 aromatic carbocycles. The lowest BCUT2D eigenvalue weighted by atomic mass is 9.95. The number of hydrogen-bond donors (Lipinski definition) is 2. The van der Waals surface area contributed by atoms with Crippen molar-refractivity contribution in [1.82, 2.24) is 10.2 Å². The Bertz CT molecular complexity index is 655. The van der Waals surface area contributed by atoms with E-state index in [1.807, 2.05) is 6.07 Å². The van der Waals surface area contributed by atoms with E-state index >= 15 is 0 Å². The molecule has 2 heterocycles. The fraction of sp³-hybridized carbons (Fsp3) is 0.429. The van der Waals surface area contributed by atoms with Crippen molar-refractivity contribution in [3.8, 4) is 0 Å². The molecular weight excluding hydrogens is 296 g/mol. The Labute approximate surface area is 125 Å². The molecule has 2 aromatic rings. The first kappa shape index (κ1) is 15.6. The summed E-state index contributed by atoms with van der Waals surface area (Å²) in [5.41, 5.74) is -0.0245. The number of carbonyl (C=O) groups excluding carboxylic acids is 1. The maximum Gasteiger partial charge on any atom is 0.284 e. The lowest BCUT2D eigenvalue weighted by molar-refractivity contribution is 0.102. The Balaban J connectivity index is 2.23. The van der Waals surface area contributed by atoms with E-state index in [4.69, 9.17) is 0 Å². The van der Waals surface area contributed by atoms with E-state index in [-0.39, 0.29) is 11.1 Å². The molecule has 2 rings (SSSR count). The zero-order valence-corrected chi connectivity index (χ0v) is 13.1. The minimum Gasteiger partial charge on any atom is -0.318 e. The zero-order chi connectivity index (χ0) is 15.8. The van der Waals surface area contributed by atoms with E-state index in [1.165, 1.54) is 11.3 Å². The summed E-state index contributed by atoms with van der Waals surface area (Å²) in [6, 6.07) is 3.59. The van der Waals surface area contributed by atoms with Crippen LogP contribution in [-0.4, -0.2) is 16.1 Å². The number of halogens is 2. The van der Waals surface area contributed by atoms with Crippen molar-refractivity contribution in [1.29, 1.82) is 0 Å². The Morgan fingerprint density at radius 2 is 2.05 bits per heavy atom. The van der Waals surface area contributed by atoms with Crippen molar-refractivity contribution < 1.29 is 13.6 Å². The number of alkyl halides is 2. The first-order chi connectivity index (χ1) is 9.70. The molecule has 2 aromatic heterocycles. The molecular formula is C14H17F2N3OS. The van der Waals surface area contributed by atoms with Crippen LogP contribution >= 0.6 is 11.3 Å². The van der Waals surface area contributed by atoms with Gasteiger partial charge in [0.05, 0.1) is 16.3 Å². The molecule has 1 amide bonds. The second-order valence-corrected chi connectivity index (χ2v) is 6.86. The van der Waals surface area contributed by atoms with Crippen LogP contribution in [0.4, 0.5) is 14.5 Å². The average Bonchev–Trinajstić information content (AvgIpc) is 2.96. The third kappa shape index (κ3) is 3.29. The molecule has 0 unspecified atom stereocenters. The van der Waals surface area contributed by atoms with Crippen LogP contribution in [0.15, 0.2) is 12.1 Å². The number of thiophene rings is 1. The fourth-order valence-corrected chi connectivity index (χ4v) is 2.76. The highest BCUT2D eigenvalue weighted by Gasteiger charge is 2.23. The van der Waals surface area contributed by atoms with E-state index in [0.717, 1.165) is 4.88 Å². The minimum atomic E-state index is -2.74. The van der Waals surface area contributed by atoms with Crippen molar-refractivity contribution in [2.45, 2.75) is 39.5 Å². The highest BCUT2D eigenvalue weighted by atomic mass is 32.1. The van der Waals surface area contributed by atoms with Gasteiger partial charge >= 0.3 is 0 Å². The predicted octanol–water partition coefficient (Wildman–Crippen LogP) is 4.27. The van der Waals surface area contributed by atoms with Gasteiger partial charge in [0.2, 0.25) is 0 Å². The van der Waals surface area contributed by atoms with Crippen LogP contribution in [0.2, 0.25) is 0 Å². The molecule has 0 saturated carbocycles. The van der Waals surface area contributed by atoms with Gasteiger partial charge in [0.15, 0.2) is 5.69 Å². The van der Waals surface area contributed by atoms with Gasteiger partial charge in [0.25, 0.3) is 12.3 Å². The third-order valence-electron chi connectivity index (χ3n) is 2.99. The van der Waals surface area contributed by atoms with Crippen LogP contribution in [0.5, 0.6) is 0 Å². The van der Waals surface area contributed by atoms with Gasteiger partial charge in [0, 0.05) is 4.88 Å². The molecule has 0 fully saturated rings. The third-order valence-corrected chi connectivity index (χ3v) is 4.50. The van der Waals surface area contributed by atoms with Crippen molar-refractivity contribution >= 4 is 22.9 Å². The van der Waals surface area contributed by atoms with Crippen LogP contribution < -0.4 is 5.32 Å². The summed E-state index contributed by atoms with van der Waals surface area (Å²) in [5.74, 6) is -0.401. The van der Waals surface area contributed by atoms with Gasteiger partial charge in [-0.1, -0.05) is 20.8 Å². The number of rotatable bonds is 3. The molecule has 0 aliphatic rings. The van der Waals surface area contributed by atoms with Gasteiger partial charge in [-0.15, -0.1) is 11.3 Å².